The Morgan fingerprint density at radius 3 is 3.00 bits per heavy atom. The van der Waals surface area contributed by atoms with Gasteiger partial charge in [0.1, 0.15) is 11.7 Å². The van der Waals surface area contributed by atoms with Crippen molar-refractivity contribution >= 4 is 34.1 Å². The minimum atomic E-state index is -1.01. The number of hydrogen-bond acceptors (Lipinski definition) is 4. The Labute approximate surface area is 135 Å². The average Bonchev–Trinajstić information content (AvgIpc) is 3.23. The van der Waals surface area contributed by atoms with Gasteiger partial charge in [0.25, 0.3) is 5.91 Å². The molecule has 23 heavy (non-hydrogen) atoms. The smallest absolute Gasteiger partial charge is 0.326 e. The molecule has 1 atom stereocenters. The van der Waals surface area contributed by atoms with E-state index < -0.39 is 12.0 Å². The molecule has 2 N–H and O–H groups in total. The normalized spacial score (nSPS) is 15.1. The minimum Gasteiger partial charge on any atom is -0.480 e. The fourth-order valence-electron chi connectivity index (χ4n) is 3.05. The summed E-state index contributed by atoms with van der Waals surface area (Å²) in [7, 11) is 0. The maximum Gasteiger partial charge on any atom is 0.326 e. The van der Waals surface area contributed by atoms with Crippen LogP contribution >= 0.6 is 11.3 Å². The van der Waals surface area contributed by atoms with Gasteiger partial charge in [0.05, 0.1) is 11.2 Å². The van der Waals surface area contributed by atoms with Gasteiger partial charge in [0, 0.05) is 34.8 Å². The first kappa shape index (κ1) is 14.0. The summed E-state index contributed by atoms with van der Waals surface area (Å²) in [6.07, 6.45) is 0.215. The lowest BCUT2D eigenvalue weighted by Crippen LogP contribution is -2.43. The standard InChI is InChI=1S/C16H13N3O3S/c20-15-14-11(10-3-1-2-4-12(10)18-14)6-19(15)13(16(21)22)5-9-7-23-8-17-9/h1-4,7-8,13,18H,5-6H2,(H,21,22). The number of nitrogens with zero attached hydrogens (tertiary/aromatic N) is 2. The maximum absolute atomic E-state index is 12.7. The van der Waals surface area contributed by atoms with Crippen molar-refractivity contribution in [2.45, 2.75) is 19.0 Å². The zero-order valence-electron chi connectivity index (χ0n) is 12.0. The Kier molecular flexibility index (Phi) is 3.16. The summed E-state index contributed by atoms with van der Waals surface area (Å²) >= 11 is 1.41. The van der Waals surface area contributed by atoms with E-state index in [-0.39, 0.29) is 12.3 Å². The van der Waals surface area contributed by atoms with Crippen LogP contribution in [0.1, 0.15) is 21.7 Å². The first-order valence-electron chi connectivity index (χ1n) is 7.15. The van der Waals surface area contributed by atoms with Crippen molar-refractivity contribution in [3.05, 3.63) is 52.1 Å². The van der Waals surface area contributed by atoms with Crippen LogP contribution in [0.3, 0.4) is 0 Å². The lowest BCUT2D eigenvalue weighted by atomic mass is 10.1. The number of rotatable bonds is 4. The Bertz CT molecular complexity index is 901. The Morgan fingerprint density at radius 1 is 1.43 bits per heavy atom. The topological polar surface area (TPSA) is 86.3 Å². The van der Waals surface area contributed by atoms with Crippen molar-refractivity contribution < 1.29 is 14.7 Å². The van der Waals surface area contributed by atoms with Gasteiger partial charge in [-0.3, -0.25) is 4.79 Å². The number of H-pyrrole nitrogens is 1. The van der Waals surface area contributed by atoms with Crippen LogP contribution in [0.5, 0.6) is 0 Å². The number of carboxylic acids is 1. The second kappa shape index (κ2) is 5.20. The van der Waals surface area contributed by atoms with Gasteiger partial charge in [-0.25, -0.2) is 9.78 Å². The fraction of sp³-hybridized carbons (Fsp3) is 0.188. The molecule has 1 unspecified atom stereocenters. The predicted molar refractivity (Wildman–Crippen MR) is 85.4 cm³/mol. The van der Waals surface area contributed by atoms with Crippen molar-refractivity contribution in [1.29, 1.82) is 0 Å². The molecular weight excluding hydrogens is 314 g/mol. The number of hydrogen-bond donors (Lipinski definition) is 2. The van der Waals surface area contributed by atoms with Gasteiger partial charge in [-0.2, -0.15) is 0 Å². The number of aromatic amines is 1. The number of carbonyl (C=O) groups is 2. The van der Waals surface area contributed by atoms with Gasteiger partial charge < -0.3 is 15.0 Å². The zero-order chi connectivity index (χ0) is 16.0. The molecule has 0 saturated carbocycles. The summed E-state index contributed by atoms with van der Waals surface area (Å²) in [5.74, 6) is -1.28. The van der Waals surface area contributed by atoms with Gasteiger partial charge in [0.2, 0.25) is 0 Å². The third-order valence-corrected chi connectivity index (χ3v) is 4.80. The van der Waals surface area contributed by atoms with E-state index in [1.54, 1.807) is 5.51 Å². The molecule has 3 aromatic rings. The molecule has 7 heteroatoms. The molecule has 0 bridgehead atoms. The van der Waals surface area contributed by atoms with Crippen molar-refractivity contribution in [2.24, 2.45) is 0 Å². The summed E-state index contributed by atoms with van der Waals surface area (Å²) in [5.41, 5.74) is 4.62. The molecule has 0 aliphatic carbocycles. The highest BCUT2D eigenvalue weighted by molar-refractivity contribution is 7.07. The van der Waals surface area contributed by atoms with Crippen molar-refractivity contribution in [3.63, 3.8) is 0 Å². The number of para-hydroxylation sites is 1. The molecule has 116 valence electrons. The SMILES string of the molecule is O=C(O)C(Cc1cscn1)N1Cc2c([nH]c3ccccc23)C1=O. The van der Waals surface area contributed by atoms with E-state index >= 15 is 0 Å². The number of carbonyl (C=O) groups excluding carboxylic acids is 1. The number of amides is 1. The van der Waals surface area contributed by atoms with E-state index in [9.17, 15) is 14.7 Å². The van der Waals surface area contributed by atoms with Gasteiger partial charge in [-0.05, 0) is 6.07 Å². The number of aromatic nitrogens is 2. The van der Waals surface area contributed by atoms with E-state index in [0.29, 0.717) is 17.9 Å². The van der Waals surface area contributed by atoms with Crippen molar-refractivity contribution in [1.82, 2.24) is 14.9 Å². The summed E-state index contributed by atoms with van der Waals surface area (Å²) in [4.78, 5) is 33.0. The van der Waals surface area contributed by atoms with Crippen LogP contribution in [0.2, 0.25) is 0 Å². The number of thiazole rings is 1. The second-order valence-corrected chi connectivity index (χ2v) is 6.21. The number of fused-ring (bicyclic) bond motifs is 3. The Balaban J connectivity index is 1.69. The lowest BCUT2D eigenvalue weighted by molar-refractivity contribution is -0.142. The molecular formula is C16H13N3O3S. The molecule has 2 aromatic heterocycles. The largest absolute Gasteiger partial charge is 0.480 e. The summed E-state index contributed by atoms with van der Waals surface area (Å²) in [6.45, 7) is 0.305. The van der Waals surface area contributed by atoms with Gasteiger partial charge in [-0.1, -0.05) is 18.2 Å². The minimum absolute atomic E-state index is 0.215. The van der Waals surface area contributed by atoms with E-state index in [0.717, 1.165) is 16.5 Å². The number of benzene rings is 1. The van der Waals surface area contributed by atoms with Crippen LogP contribution in [-0.4, -0.2) is 37.9 Å². The number of aliphatic carboxylic acids is 1. The molecule has 1 aliphatic rings. The van der Waals surface area contributed by atoms with Gasteiger partial charge in [0.15, 0.2) is 0 Å². The average molecular weight is 327 g/mol. The molecule has 6 nitrogen and oxygen atoms in total. The lowest BCUT2D eigenvalue weighted by Gasteiger charge is -2.23. The molecule has 3 heterocycles. The maximum atomic E-state index is 12.7. The van der Waals surface area contributed by atoms with Crippen LogP contribution in [0.25, 0.3) is 10.9 Å². The molecule has 1 aromatic carbocycles. The molecule has 0 saturated heterocycles. The van der Waals surface area contributed by atoms with Gasteiger partial charge >= 0.3 is 5.97 Å². The van der Waals surface area contributed by atoms with Crippen LogP contribution < -0.4 is 0 Å². The zero-order valence-corrected chi connectivity index (χ0v) is 12.8. The first-order chi connectivity index (χ1) is 11.1. The van der Waals surface area contributed by atoms with E-state index in [1.165, 1.54) is 16.2 Å². The van der Waals surface area contributed by atoms with Gasteiger partial charge in [-0.15, -0.1) is 11.3 Å². The van der Waals surface area contributed by atoms with Crippen LogP contribution in [0.4, 0.5) is 0 Å². The second-order valence-electron chi connectivity index (χ2n) is 5.50. The Hall–Kier alpha value is -2.67. The molecule has 1 amide bonds. The highest BCUT2D eigenvalue weighted by Gasteiger charge is 2.38. The Morgan fingerprint density at radius 2 is 2.26 bits per heavy atom. The van der Waals surface area contributed by atoms with Crippen molar-refractivity contribution in [3.8, 4) is 0 Å². The number of carboxylic acid groups (broad SMARTS) is 1. The fourth-order valence-corrected chi connectivity index (χ4v) is 3.62. The van der Waals surface area contributed by atoms with Crippen molar-refractivity contribution in [2.75, 3.05) is 0 Å². The molecule has 0 fully saturated rings. The summed E-state index contributed by atoms with van der Waals surface area (Å²) in [5, 5.41) is 12.3. The monoisotopic (exact) mass is 327 g/mol. The van der Waals surface area contributed by atoms with Crippen LogP contribution in [0, 0.1) is 0 Å². The van der Waals surface area contributed by atoms with E-state index in [1.807, 2.05) is 29.6 Å². The molecule has 1 aliphatic heterocycles. The third-order valence-electron chi connectivity index (χ3n) is 4.16. The summed E-state index contributed by atoms with van der Waals surface area (Å²) < 4.78 is 0. The van der Waals surface area contributed by atoms with Crippen LogP contribution in [-0.2, 0) is 17.8 Å². The molecule has 4 rings (SSSR count). The van der Waals surface area contributed by atoms with E-state index in [4.69, 9.17) is 0 Å². The summed E-state index contributed by atoms with van der Waals surface area (Å²) in [6, 6.07) is 6.75. The first-order valence-corrected chi connectivity index (χ1v) is 8.10. The highest BCUT2D eigenvalue weighted by atomic mass is 32.1. The predicted octanol–water partition coefficient (Wildman–Crippen LogP) is 2.28. The van der Waals surface area contributed by atoms with Crippen LogP contribution in [0.15, 0.2) is 35.2 Å². The third kappa shape index (κ3) is 2.20. The molecule has 0 spiro atoms. The quantitative estimate of drug-likeness (QED) is 0.770. The highest BCUT2D eigenvalue weighted by Crippen LogP contribution is 2.32. The van der Waals surface area contributed by atoms with E-state index in [2.05, 4.69) is 9.97 Å². The molecule has 0 radical (unpaired) electrons. The number of nitrogens with one attached hydrogen (secondary N) is 1.